The molecule has 0 aromatic heterocycles. The van der Waals surface area contributed by atoms with Gasteiger partial charge in [0, 0.05) is 18.8 Å². The number of hydrogen-bond acceptors (Lipinski definition) is 2. The molecule has 0 saturated heterocycles. The average Bonchev–Trinajstić information content (AvgIpc) is 3.04. The minimum Gasteiger partial charge on any atom is -0.469 e. The molecule has 4 heteroatoms. The van der Waals surface area contributed by atoms with Gasteiger partial charge in [-0.15, -0.1) is 0 Å². The molecule has 0 amide bonds. The number of alkyl halides is 2. The van der Waals surface area contributed by atoms with Gasteiger partial charge in [0.1, 0.15) is 0 Å². The highest BCUT2D eigenvalue weighted by atomic mass is 19.3. The van der Waals surface area contributed by atoms with Crippen molar-refractivity contribution in [1.82, 2.24) is 0 Å². The third kappa shape index (κ3) is 3.76. The SMILES string of the molecule is CC.COC(=O)CCC1CCC2C3C(CCC12C)C1(C)CCCCC1CC3(F)F. The van der Waals surface area contributed by atoms with Gasteiger partial charge in [-0.25, -0.2) is 8.78 Å². The molecule has 0 radical (unpaired) electrons. The summed E-state index contributed by atoms with van der Waals surface area (Å²) in [7, 11) is 1.43. The summed E-state index contributed by atoms with van der Waals surface area (Å²) >= 11 is 0. The molecule has 0 aliphatic heterocycles. The molecule has 4 aliphatic rings. The highest BCUT2D eigenvalue weighted by Crippen LogP contribution is 2.70. The van der Waals surface area contributed by atoms with Crippen LogP contribution in [-0.2, 0) is 9.53 Å². The molecular formula is C25H42F2O2. The second-order valence-corrected chi connectivity index (χ2v) is 10.6. The van der Waals surface area contributed by atoms with E-state index in [0.29, 0.717) is 12.3 Å². The fourth-order valence-corrected chi connectivity index (χ4v) is 8.16. The van der Waals surface area contributed by atoms with Gasteiger partial charge in [-0.3, -0.25) is 4.79 Å². The molecule has 0 aromatic carbocycles. The number of carbonyl (C=O) groups is 1. The van der Waals surface area contributed by atoms with Gasteiger partial charge in [0.25, 0.3) is 5.92 Å². The van der Waals surface area contributed by atoms with Crippen LogP contribution in [-0.4, -0.2) is 19.0 Å². The second kappa shape index (κ2) is 8.46. The fourth-order valence-electron chi connectivity index (χ4n) is 8.16. The molecule has 0 bridgehead atoms. The minimum atomic E-state index is -2.52. The maximum absolute atomic E-state index is 15.5. The zero-order chi connectivity index (χ0) is 21.4. The Morgan fingerprint density at radius 1 is 0.966 bits per heavy atom. The third-order valence-corrected chi connectivity index (χ3v) is 9.70. The Labute approximate surface area is 176 Å². The van der Waals surface area contributed by atoms with Crippen molar-refractivity contribution in [3.05, 3.63) is 0 Å². The Morgan fingerprint density at radius 2 is 1.66 bits per heavy atom. The van der Waals surface area contributed by atoms with Crippen LogP contribution in [0.3, 0.4) is 0 Å². The number of ether oxygens (including phenoxy) is 1. The summed E-state index contributed by atoms with van der Waals surface area (Å²) in [6.45, 7) is 8.60. The van der Waals surface area contributed by atoms with E-state index in [4.69, 9.17) is 4.74 Å². The van der Waals surface area contributed by atoms with E-state index in [9.17, 15) is 4.79 Å². The van der Waals surface area contributed by atoms with E-state index in [-0.39, 0.29) is 41.0 Å². The van der Waals surface area contributed by atoms with Crippen LogP contribution in [0.5, 0.6) is 0 Å². The number of halogens is 2. The highest BCUT2D eigenvalue weighted by Gasteiger charge is 2.67. The second-order valence-electron chi connectivity index (χ2n) is 10.6. The monoisotopic (exact) mass is 412 g/mol. The van der Waals surface area contributed by atoms with E-state index in [0.717, 1.165) is 51.4 Å². The van der Waals surface area contributed by atoms with Gasteiger partial charge in [-0.05, 0) is 79.4 Å². The van der Waals surface area contributed by atoms with Crippen LogP contribution in [0, 0.1) is 40.4 Å². The van der Waals surface area contributed by atoms with Gasteiger partial charge in [0.15, 0.2) is 0 Å². The predicted molar refractivity (Wildman–Crippen MR) is 113 cm³/mol. The number of hydrogen-bond donors (Lipinski definition) is 0. The van der Waals surface area contributed by atoms with Crippen molar-refractivity contribution in [3.8, 4) is 0 Å². The van der Waals surface area contributed by atoms with Crippen LogP contribution >= 0.6 is 0 Å². The van der Waals surface area contributed by atoms with E-state index in [1.807, 2.05) is 13.8 Å². The number of esters is 1. The Hall–Kier alpha value is -0.670. The highest BCUT2D eigenvalue weighted by molar-refractivity contribution is 5.69. The number of carbonyl (C=O) groups excluding carboxylic acids is 1. The van der Waals surface area contributed by atoms with E-state index in [1.54, 1.807) is 0 Å². The van der Waals surface area contributed by atoms with Crippen LogP contribution in [0.2, 0.25) is 0 Å². The topological polar surface area (TPSA) is 26.3 Å². The summed E-state index contributed by atoms with van der Waals surface area (Å²) in [4.78, 5) is 11.6. The van der Waals surface area contributed by atoms with E-state index < -0.39 is 11.8 Å². The lowest BCUT2D eigenvalue weighted by atomic mass is 9.44. The van der Waals surface area contributed by atoms with Crippen molar-refractivity contribution < 1.29 is 18.3 Å². The summed E-state index contributed by atoms with van der Waals surface area (Å²) in [6.07, 6.45) is 9.74. The lowest BCUT2D eigenvalue weighted by molar-refractivity contribution is -0.231. The predicted octanol–water partition coefficient (Wildman–Crippen LogP) is 7.26. The molecule has 168 valence electrons. The Bertz CT molecular complexity index is 591. The fraction of sp³-hybridized carbons (Fsp3) is 0.960. The first-order valence-electron chi connectivity index (χ1n) is 12.2. The molecule has 0 heterocycles. The summed E-state index contributed by atoms with van der Waals surface area (Å²) < 4.78 is 35.8. The summed E-state index contributed by atoms with van der Waals surface area (Å²) in [5, 5.41) is 0. The molecule has 4 aliphatic carbocycles. The molecule has 29 heavy (non-hydrogen) atoms. The van der Waals surface area contributed by atoms with Gasteiger partial charge in [0.05, 0.1) is 7.11 Å². The van der Waals surface area contributed by atoms with Crippen molar-refractivity contribution in [2.75, 3.05) is 7.11 Å². The Morgan fingerprint density at radius 3 is 2.34 bits per heavy atom. The summed E-state index contributed by atoms with van der Waals surface area (Å²) in [5.74, 6) is -2.23. The smallest absolute Gasteiger partial charge is 0.305 e. The zero-order valence-electron chi connectivity index (χ0n) is 19.2. The van der Waals surface area contributed by atoms with Crippen molar-refractivity contribution in [3.63, 3.8) is 0 Å². The first-order chi connectivity index (χ1) is 13.7. The van der Waals surface area contributed by atoms with Gasteiger partial charge in [-0.1, -0.05) is 40.5 Å². The van der Waals surface area contributed by atoms with Crippen molar-refractivity contribution in [2.45, 2.75) is 104 Å². The maximum atomic E-state index is 15.5. The molecule has 4 saturated carbocycles. The maximum Gasteiger partial charge on any atom is 0.305 e. The lowest BCUT2D eigenvalue weighted by Gasteiger charge is -2.62. The molecule has 4 rings (SSSR count). The summed E-state index contributed by atoms with van der Waals surface area (Å²) in [5.41, 5.74) is 0.0898. The molecule has 0 spiro atoms. The van der Waals surface area contributed by atoms with Crippen LogP contribution in [0.25, 0.3) is 0 Å². The molecule has 7 atom stereocenters. The van der Waals surface area contributed by atoms with E-state index in [2.05, 4.69) is 13.8 Å². The largest absolute Gasteiger partial charge is 0.469 e. The molecule has 0 N–H and O–H groups in total. The van der Waals surface area contributed by atoms with Gasteiger partial charge in [-0.2, -0.15) is 0 Å². The molecule has 2 nitrogen and oxygen atoms in total. The van der Waals surface area contributed by atoms with Crippen LogP contribution in [0.4, 0.5) is 8.78 Å². The molecule has 4 fully saturated rings. The van der Waals surface area contributed by atoms with Crippen molar-refractivity contribution in [2.24, 2.45) is 40.4 Å². The number of fused-ring (bicyclic) bond motifs is 5. The van der Waals surface area contributed by atoms with E-state index >= 15 is 8.78 Å². The van der Waals surface area contributed by atoms with E-state index in [1.165, 1.54) is 13.5 Å². The van der Waals surface area contributed by atoms with Crippen LogP contribution < -0.4 is 0 Å². The quantitative estimate of drug-likeness (QED) is 0.456. The normalized spacial score (nSPS) is 45.1. The number of methoxy groups -OCH3 is 1. The van der Waals surface area contributed by atoms with Gasteiger partial charge < -0.3 is 4.74 Å². The van der Waals surface area contributed by atoms with Crippen molar-refractivity contribution >= 4 is 5.97 Å². The first-order valence-corrected chi connectivity index (χ1v) is 12.2. The Kier molecular flexibility index (Phi) is 6.71. The molecular weight excluding hydrogens is 370 g/mol. The standard InChI is InChI=1S/C23H36F2O2.C2H6/c1-21-12-5-4-6-16(21)14-23(24,25)20-17-9-7-15(8-10-19(26)27-3)22(17,2)13-11-18(20)21;1-2/h15-18,20H,4-14H2,1-3H3;1-2H3. The van der Waals surface area contributed by atoms with Gasteiger partial charge >= 0.3 is 5.97 Å². The average molecular weight is 413 g/mol. The Balaban J connectivity index is 0.00000117. The van der Waals surface area contributed by atoms with Crippen LogP contribution in [0.1, 0.15) is 98.3 Å². The first kappa shape index (κ1) is 23.0. The number of rotatable bonds is 3. The lowest BCUT2D eigenvalue weighted by Crippen LogP contribution is -2.60. The third-order valence-electron chi connectivity index (χ3n) is 9.70. The van der Waals surface area contributed by atoms with Crippen LogP contribution in [0.15, 0.2) is 0 Å². The molecule has 0 aromatic rings. The van der Waals surface area contributed by atoms with Gasteiger partial charge in [0.2, 0.25) is 0 Å². The molecule has 7 unspecified atom stereocenters. The van der Waals surface area contributed by atoms with Crippen molar-refractivity contribution in [1.29, 1.82) is 0 Å². The summed E-state index contributed by atoms with van der Waals surface area (Å²) in [6, 6.07) is 0. The minimum absolute atomic E-state index is 0.0313. The zero-order valence-corrected chi connectivity index (χ0v) is 19.2.